The molecule has 88 valence electrons. The second-order valence-corrected chi connectivity index (χ2v) is 3.79. The number of benzene rings is 1. The number of hydrogen-bond acceptors (Lipinski definition) is 3. The minimum absolute atomic E-state index is 0.0258. The highest BCUT2D eigenvalue weighted by Crippen LogP contribution is 2.15. The topological polar surface area (TPSA) is 62.5 Å². The highest BCUT2D eigenvalue weighted by atomic mass is 35.5. The molecule has 0 radical (unpaired) electrons. The Labute approximate surface area is 103 Å². The lowest BCUT2D eigenvalue weighted by Crippen LogP contribution is -2.10. The number of carbonyl (C=O) groups excluding carboxylic acids is 1. The summed E-state index contributed by atoms with van der Waals surface area (Å²) in [4.78, 5) is 11.7. The number of anilines is 1. The maximum absolute atomic E-state index is 11.7. The van der Waals surface area contributed by atoms with Crippen LogP contribution >= 0.6 is 11.6 Å². The van der Waals surface area contributed by atoms with Gasteiger partial charge >= 0.3 is 0 Å². The number of hydrogen-bond donors (Lipinski definition) is 2. The third kappa shape index (κ3) is 2.87. The van der Waals surface area contributed by atoms with Crippen molar-refractivity contribution >= 4 is 23.2 Å². The number of amides is 1. The normalized spacial score (nSPS) is 10.2. The molecule has 4 nitrogen and oxygen atoms in total. The molecule has 1 aromatic carbocycles. The van der Waals surface area contributed by atoms with E-state index in [1.807, 2.05) is 0 Å². The van der Waals surface area contributed by atoms with Crippen LogP contribution in [0.5, 0.6) is 0 Å². The maximum atomic E-state index is 11.7. The Morgan fingerprint density at radius 1 is 1.24 bits per heavy atom. The maximum Gasteiger partial charge on any atom is 0.291 e. The van der Waals surface area contributed by atoms with Gasteiger partial charge in [0.15, 0.2) is 11.0 Å². The van der Waals surface area contributed by atoms with Crippen molar-refractivity contribution in [3.05, 3.63) is 52.9 Å². The molecule has 0 aliphatic rings. The number of halogens is 1. The van der Waals surface area contributed by atoms with Gasteiger partial charge in [-0.3, -0.25) is 4.79 Å². The molecule has 0 saturated carbocycles. The summed E-state index contributed by atoms with van der Waals surface area (Å²) in [5, 5.41) is 11.7. The molecule has 0 unspecified atom stereocenters. The van der Waals surface area contributed by atoms with Gasteiger partial charge < -0.3 is 14.8 Å². The zero-order chi connectivity index (χ0) is 12.3. The van der Waals surface area contributed by atoms with Crippen LogP contribution in [0.25, 0.3) is 0 Å². The molecule has 0 bridgehead atoms. The third-order valence-electron chi connectivity index (χ3n) is 2.19. The average Bonchev–Trinajstić information content (AvgIpc) is 2.77. The van der Waals surface area contributed by atoms with Crippen LogP contribution in [0.1, 0.15) is 16.1 Å². The van der Waals surface area contributed by atoms with Crippen molar-refractivity contribution in [2.45, 2.75) is 6.61 Å². The van der Waals surface area contributed by atoms with E-state index >= 15 is 0 Å². The van der Waals surface area contributed by atoms with Crippen LogP contribution in [-0.4, -0.2) is 11.0 Å². The molecule has 0 aliphatic heterocycles. The van der Waals surface area contributed by atoms with Crippen LogP contribution in [-0.2, 0) is 6.61 Å². The van der Waals surface area contributed by atoms with E-state index in [9.17, 15) is 4.79 Å². The molecular formula is C12H10ClNO3. The van der Waals surface area contributed by atoms with E-state index < -0.39 is 0 Å². The second kappa shape index (κ2) is 5.03. The first-order chi connectivity index (χ1) is 8.19. The Morgan fingerprint density at radius 2 is 1.94 bits per heavy atom. The van der Waals surface area contributed by atoms with Crippen LogP contribution in [0.3, 0.4) is 0 Å². The Morgan fingerprint density at radius 3 is 2.47 bits per heavy atom. The first kappa shape index (κ1) is 11.7. The Hall–Kier alpha value is -1.78. The molecule has 0 atom stereocenters. The first-order valence-corrected chi connectivity index (χ1v) is 5.33. The standard InChI is InChI=1S/C12H10ClNO3/c13-11-6-5-10(17-11)12(16)14-9-3-1-8(7-15)2-4-9/h1-6,15H,7H2,(H,14,16). The number of rotatable bonds is 3. The smallest absolute Gasteiger partial charge is 0.291 e. The monoisotopic (exact) mass is 251 g/mol. The van der Waals surface area contributed by atoms with Crippen molar-refractivity contribution in [3.8, 4) is 0 Å². The van der Waals surface area contributed by atoms with Crippen LogP contribution in [0.2, 0.25) is 5.22 Å². The summed E-state index contributed by atoms with van der Waals surface area (Å²) in [7, 11) is 0. The van der Waals surface area contributed by atoms with E-state index in [4.69, 9.17) is 21.1 Å². The third-order valence-corrected chi connectivity index (χ3v) is 2.39. The number of nitrogens with one attached hydrogen (secondary N) is 1. The second-order valence-electron chi connectivity index (χ2n) is 3.41. The number of aliphatic hydroxyl groups is 1. The molecule has 1 heterocycles. The number of carbonyl (C=O) groups is 1. The van der Waals surface area contributed by atoms with Gasteiger partial charge in [0.05, 0.1) is 6.61 Å². The zero-order valence-electron chi connectivity index (χ0n) is 8.81. The summed E-state index contributed by atoms with van der Waals surface area (Å²) in [5.74, 6) is -0.213. The predicted octanol–water partition coefficient (Wildman–Crippen LogP) is 2.68. The SMILES string of the molecule is O=C(Nc1ccc(CO)cc1)c1ccc(Cl)o1. The minimum Gasteiger partial charge on any atom is -0.440 e. The van der Waals surface area contributed by atoms with Gasteiger partial charge in [-0.15, -0.1) is 0 Å². The molecule has 17 heavy (non-hydrogen) atoms. The van der Waals surface area contributed by atoms with E-state index in [2.05, 4.69) is 5.32 Å². The van der Waals surface area contributed by atoms with Gasteiger partial charge in [-0.05, 0) is 41.4 Å². The molecule has 0 spiro atoms. The molecule has 0 fully saturated rings. The van der Waals surface area contributed by atoms with Crippen molar-refractivity contribution < 1.29 is 14.3 Å². The van der Waals surface area contributed by atoms with E-state index in [0.29, 0.717) is 5.69 Å². The Kier molecular flexibility index (Phi) is 3.46. The highest BCUT2D eigenvalue weighted by Gasteiger charge is 2.10. The van der Waals surface area contributed by atoms with Crippen molar-refractivity contribution in [2.75, 3.05) is 5.32 Å². The number of aliphatic hydroxyl groups excluding tert-OH is 1. The molecule has 1 amide bonds. The lowest BCUT2D eigenvalue weighted by molar-refractivity contribution is 0.0997. The summed E-state index contributed by atoms with van der Waals surface area (Å²) in [6, 6.07) is 9.86. The summed E-state index contributed by atoms with van der Waals surface area (Å²) < 4.78 is 4.98. The van der Waals surface area contributed by atoms with Gasteiger partial charge in [0.1, 0.15) is 0 Å². The molecule has 5 heteroatoms. The van der Waals surface area contributed by atoms with Crippen LogP contribution in [0, 0.1) is 0 Å². The van der Waals surface area contributed by atoms with Crippen LogP contribution in [0.4, 0.5) is 5.69 Å². The lowest BCUT2D eigenvalue weighted by Gasteiger charge is -2.03. The molecule has 2 aromatic rings. The summed E-state index contributed by atoms with van der Waals surface area (Å²) in [5.41, 5.74) is 1.41. The fourth-order valence-electron chi connectivity index (χ4n) is 1.32. The van der Waals surface area contributed by atoms with Crippen molar-refractivity contribution in [3.63, 3.8) is 0 Å². The molecule has 1 aromatic heterocycles. The summed E-state index contributed by atoms with van der Waals surface area (Å²) in [6.45, 7) is -0.0258. The lowest BCUT2D eigenvalue weighted by atomic mass is 10.2. The van der Waals surface area contributed by atoms with Crippen LogP contribution in [0.15, 0.2) is 40.8 Å². The minimum atomic E-state index is -0.367. The fourth-order valence-corrected chi connectivity index (χ4v) is 1.47. The predicted molar refractivity (Wildman–Crippen MR) is 64.0 cm³/mol. The van der Waals surface area contributed by atoms with E-state index in [-0.39, 0.29) is 23.5 Å². The van der Waals surface area contributed by atoms with Gasteiger partial charge in [0.25, 0.3) is 5.91 Å². The number of furan rings is 1. The van der Waals surface area contributed by atoms with E-state index in [1.165, 1.54) is 12.1 Å². The quantitative estimate of drug-likeness (QED) is 0.882. The van der Waals surface area contributed by atoms with Gasteiger partial charge in [-0.2, -0.15) is 0 Å². The van der Waals surface area contributed by atoms with Gasteiger partial charge in [0.2, 0.25) is 0 Å². The average molecular weight is 252 g/mol. The van der Waals surface area contributed by atoms with Crippen LogP contribution < -0.4 is 5.32 Å². The molecule has 0 saturated heterocycles. The molecule has 2 N–H and O–H groups in total. The Balaban J connectivity index is 2.07. The van der Waals surface area contributed by atoms with Gasteiger partial charge in [-0.1, -0.05) is 12.1 Å². The molecule has 2 rings (SSSR count). The van der Waals surface area contributed by atoms with Crippen molar-refractivity contribution in [1.29, 1.82) is 0 Å². The Bertz CT molecular complexity index is 519. The van der Waals surface area contributed by atoms with E-state index in [1.54, 1.807) is 24.3 Å². The summed E-state index contributed by atoms with van der Waals surface area (Å²) >= 11 is 5.57. The highest BCUT2D eigenvalue weighted by molar-refractivity contribution is 6.29. The largest absolute Gasteiger partial charge is 0.440 e. The fraction of sp³-hybridized carbons (Fsp3) is 0.0833. The van der Waals surface area contributed by atoms with E-state index in [0.717, 1.165) is 5.56 Å². The first-order valence-electron chi connectivity index (χ1n) is 4.95. The van der Waals surface area contributed by atoms with Gasteiger partial charge in [0, 0.05) is 5.69 Å². The van der Waals surface area contributed by atoms with Crippen molar-refractivity contribution in [2.24, 2.45) is 0 Å². The van der Waals surface area contributed by atoms with Gasteiger partial charge in [-0.25, -0.2) is 0 Å². The molecule has 0 aliphatic carbocycles. The van der Waals surface area contributed by atoms with Crippen molar-refractivity contribution in [1.82, 2.24) is 0 Å². The summed E-state index contributed by atoms with van der Waals surface area (Å²) in [6.07, 6.45) is 0. The molecular weight excluding hydrogens is 242 g/mol. The zero-order valence-corrected chi connectivity index (χ0v) is 9.57.